The number of ether oxygens (including phenoxy) is 1. The Bertz CT molecular complexity index is 768. The Morgan fingerprint density at radius 1 is 0.821 bits per heavy atom. The maximum atomic E-state index is 5.86. The summed E-state index contributed by atoms with van der Waals surface area (Å²) in [6.07, 6.45) is 6.73. The van der Waals surface area contributed by atoms with E-state index in [1.165, 1.54) is 0 Å². The number of rotatable bonds is 7. The molecule has 0 amide bonds. The molecule has 0 aliphatic rings. The van der Waals surface area contributed by atoms with Crippen molar-refractivity contribution in [2.75, 3.05) is 6.61 Å². The monoisotopic (exact) mass is 501 g/mol. The first kappa shape index (κ1) is 23.8. The van der Waals surface area contributed by atoms with Crippen LogP contribution in [0.1, 0.15) is 49.2 Å². The average Bonchev–Trinajstić information content (AvgIpc) is 2.63. The van der Waals surface area contributed by atoms with E-state index in [-0.39, 0.29) is 17.5 Å². The summed E-state index contributed by atoms with van der Waals surface area (Å²) >= 11 is 35.2. The fourth-order valence-electron chi connectivity index (χ4n) is 2.11. The average molecular weight is 504 g/mol. The molecule has 0 saturated carbocycles. The summed E-state index contributed by atoms with van der Waals surface area (Å²) in [6.45, 7) is 2.86. The smallest absolute Gasteiger partial charge is 0.250 e. The molecule has 2 rings (SSSR count). The van der Waals surface area contributed by atoms with Crippen molar-refractivity contribution < 1.29 is 4.74 Å². The number of halogens is 6. The SMILES string of the molecule is CCCCCOc1ccc(C=Cc2nc(C(Cl)(Cl)Cl)nc(C(Cl)(Cl)Cl)n2)cc1. The zero-order chi connectivity index (χ0) is 20.8. The highest BCUT2D eigenvalue weighted by atomic mass is 35.6. The van der Waals surface area contributed by atoms with Gasteiger partial charge in [-0.2, -0.15) is 0 Å². The van der Waals surface area contributed by atoms with Crippen molar-refractivity contribution in [2.45, 2.75) is 33.8 Å². The van der Waals surface area contributed by atoms with Crippen LogP contribution in [-0.4, -0.2) is 21.6 Å². The second-order valence-electron chi connectivity index (χ2n) is 5.79. The van der Waals surface area contributed by atoms with E-state index in [2.05, 4.69) is 21.9 Å². The molecule has 10 heteroatoms. The minimum atomic E-state index is -1.88. The molecule has 0 aliphatic carbocycles. The zero-order valence-electron chi connectivity index (χ0n) is 14.8. The Hall–Kier alpha value is -0.490. The molecule has 28 heavy (non-hydrogen) atoms. The van der Waals surface area contributed by atoms with Gasteiger partial charge in [-0.1, -0.05) is 108 Å². The minimum Gasteiger partial charge on any atom is -0.494 e. The molecular formula is C18H17Cl6N3O. The lowest BCUT2D eigenvalue weighted by atomic mass is 10.2. The van der Waals surface area contributed by atoms with Crippen molar-refractivity contribution in [1.29, 1.82) is 0 Å². The van der Waals surface area contributed by atoms with E-state index < -0.39 is 7.59 Å². The highest BCUT2D eigenvalue weighted by molar-refractivity contribution is 6.67. The van der Waals surface area contributed by atoms with Crippen molar-refractivity contribution in [3.63, 3.8) is 0 Å². The van der Waals surface area contributed by atoms with Crippen LogP contribution in [0.3, 0.4) is 0 Å². The molecule has 1 aromatic heterocycles. The van der Waals surface area contributed by atoms with Gasteiger partial charge in [0, 0.05) is 0 Å². The number of alkyl halides is 6. The first-order valence-electron chi connectivity index (χ1n) is 8.41. The van der Waals surface area contributed by atoms with Crippen LogP contribution in [-0.2, 0) is 7.59 Å². The maximum absolute atomic E-state index is 5.86. The second-order valence-corrected chi connectivity index (χ2v) is 10.4. The molecule has 1 aromatic carbocycles. The maximum Gasteiger partial charge on any atom is 0.250 e. The Balaban J connectivity index is 2.16. The molecule has 152 valence electrons. The van der Waals surface area contributed by atoms with Crippen molar-refractivity contribution in [2.24, 2.45) is 0 Å². The van der Waals surface area contributed by atoms with Gasteiger partial charge in [-0.25, -0.2) is 15.0 Å². The van der Waals surface area contributed by atoms with E-state index in [4.69, 9.17) is 74.3 Å². The Morgan fingerprint density at radius 2 is 1.39 bits per heavy atom. The van der Waals surface area contributed by atoms with Gasteiger partial charge in [0.15, 0.2) is 17.5 Å². The summed E-state index contributed by atoms with van der Waals surface area (Å²) in [4.78, 5) is 12.1. The van der Waals surface area contributed by atoms with Crippen LogP contribution < -0.4 is 4.74 Å². The Kier molecular flexibility index (Phi) is 8.93. The third kappa shape index (κ3) is 7.74. The number of hydrogen-bond donors (Lipinski definition) is 0. The summed E-state index contributed by atoms with van der Waals surface area (Å²) in [5.41, 5.74) is 0.896. The lowest BCUT2D eigenvalue weighted by Crippen LogP contribution is -2.16. The highest BCUT2D eigenvalue weighted by Gasteiger charge is 2.33. The summed E-state index contributed by atoms with van der Waals surface area (Å²) in [5, 5.41) is 0. The quantitative estimate of drug-likeness (QED) is 0.294. The van der Waals surface area contributed by atoms with E-state index in [1.807, 2.05) is 24.3 Å². The third-order valence-electron chi connectivity index (χ3n) is 3.48. The summed E-state index contributed by atoms with van der Waals surface area (Å²) in [6, 6.07) is 7.58. The minimum absolute atomic E-state index is 0.135. The predicted molar refractivity (Wildman–Crippen MR) is 119 cm³/mol. The highest BCUT2D eigenvalue weighted by Crippen LogP contribution is 2.40. The summed E-state index contributed by atoms with van der Waals surface area (Å²) < 4.78 is 1.92. The fraction of sp³-hybridized carbons (Fsp3) is 0.389. The van der Waals surface area contributed by atoms with E-state index in [0.29, 0.717) is 6.61 Å². The van der Waals surface area contributed by atoms with Crippen molar-refractivity contribution in [3.8, 4) is 5.75 Å². The third-order valence-corrected chi connectivity index (χ3v) is 4.50. The van der Waals surface area contributed by atoms with E-state index >= 15 is 0 Å². The van der Waals surface area contributed by atoms with Crippen molar-refractivity contribution in [1.82, 2.24) is 15.0 Å². The molecule has 0 saturated heterocycles. The molecule has 0 N–H and O–H groups in total. The number of aromatic nitrogens is 3. The number of hydrogen-bond acceptors (Lipinski definition) is 4. The van der Waals surface area contributed by atoms with Crippen LogP contribution in [0.4, 0.5) is 0 Å². The standard InChI is InChI=1S/C18H17Cl6N3O/c1-2-3-4-11-28-13-8-5-12(6-9-13)7-10-14-25-15(17(19,20)21)27-16(26-14)18(22,23)24/h5-10H,2-4,11H2,1H3. The molecule has 1 heterocycles. The molecule has 0 fully saturated rings. The number of unbranched alkanes of at least 4 members (excludes halogenated alkanes) is 2. The lowest BCUT2D eigenvalue weighted by molar-refractivity contribution is 0.306. The number of benzene rings is 1. The second kappa shape index (κ2) is 10.5. The lowest BCUT2D eigenvalue weighted by Gasteiger charge is -2.14. The normalized spacial score (nSPS) is 12.5. The van der Waals surface area contributed by atoms with Gasteiger partial charge in [0.1, 0.15) is 5.75 Å². The van der Waals surface area contributed by atoms with E-state index in [0.717, 1.165) is 30.6 Å². The van der Waals surface area contributed by atoms with E-state index in [9.17, 15) is 0 Å². The van der Waals surface area contributed by atoms with Crippen LogP contribution in [0, 0.1) is 0 Å². The van der Waals surface area contributed by atoms with Crippen LogP contribution in [0.25, 0.3) is 12.2 Å². The van der Waals surface area contributed by atoms with Gasteiger partial charge < -0.3 is 4.74 Å². The molecule has 0 spiro atoms. The first-order chi connectivity index (χ1) is 13.1. The van der Waals surface area contributed by atoms with Gasteiger partial charge >= 0.3 is 0 Å². The van der Waals surface area contributed by atoms with Gasteiger partial charge in [-0.05, 0) is 30.2 Å². The summed E-state index contributed by atoms with van der Waals surface area (Å²) in [5.74, 6) is 0.733. The Morgan fingerprint density at radius 3 is 1.89 bits per heavy atom. The zero-order valence-corrected chi connectivity index (χ0v) is 19.3. The molecule has 0 aliphatic heterocycles. The molecular weight excluding hydrogens is 487 g/mol. The van der Waals surface area contributed by atoms with Crippen molar-refractivity contribution in [3.05, 3.63) is 47.3 Å². The molecule has 4 nitrogen and oxygen atoms in total. The van der Waals surface area contributed by atoms with Gasteiger partial charge in [0.2, 0.25) is 7.59 Å². The van der Waals surface area contributed by atoms with Crippen molar-refractivity contribution >= 4 is 81.8 Å². The number of nitrogens with zero attached hydrogens (tertiary/aromatic N) is 3. The molecule has 0 bridgehead atoms. The van der Waals surface area contributed by atoms with Crippen LogP contribution >= 0.6 is 69.6 Å². The first-order valence-corrected chi connectivity index (χ1v) is 10.7. The van der Waals surface area contributed by atoms with Gasteiger partial charge in [-0.15, -0.1) is 0 Å². The Labute approximate surface area is 194 Å². The van der Waals surface area contributed by atoms with Crippen LogP contribution in [0.5, 0.6) is 5.75 Å². The van der Waals surface area contributed by atoms with Gasteiger partial charge in [0.05, 0.1) is 6.61 Å². The van der Waals surface area contributed by atoms with Gasteiger partial charge in [0.25, 0.3) is 0 Å². The summed E-state index contributed by atoms with van der Waals surface area (Å²) in [7, 11) is 0. The molecule has 0 atom stereocenters. The molecule has 2 aromatic rings. The topological polar surface area (TPSA) is 47.9 Å². The van der Waals surface area contributed by atoms with Crippen LogP contribution in [0.15, 0.2) is 24.3 Å². The van der Waals surface area contributed by atoms with Crippen LogP contribution in [0.2, 0.25) is 0 Å². The largest absolute Gasteiger partial charge is 0.494 e. The van der Waals surface area contributed by atoms with Gasteiger partial charge in [-0.3, -0.25) is 0 Å². The van der Waals surface area contributed by atoms with E-state index in [1.54, 1.807) is 12.2 Å². The molecule has 0 radical (unpaired) electrons. The predicted octanol–water partition coefficient (Wildman–Crippen LogP) is 7.26. The fourth-order valence-corrected chi connectivity index (χ4v) is 2.62. The molecule has 0 unspecified atom stereocenters.